The standard InChI is InChI=1S/C14H16BrNO3/c1-14(2,13(18)19-3)16-12(17)8-7-10-5-4-6-11(15)9-10/h4-9H,1-3H3,(H,16,17)/b8-7+. The van der Waals surface area contributed by atoms with Gasteiger partial charge in [0.05, 0.1) is 7.11 Å². The maximum absolute atomic E-state index is 11.7. The first-order chi connectivity index (χ1) is 8.85. The fourth-order valence-electron chi connectivity index (χ4n) is 1.44. The number of rotatable bonds is 4. The van der Waals surface area contributed by atoms with Crippen LogP contribution in [-0.2, 0) is 14.3 Å². The zero-order valence-corrected chi connectivity index (χ0v) is 12.7. The lowest BCUT2D eigenvalue weighted by Gasteiger charge is -2.22. The number of amides is 1. The smallest absolute Gasteiger partial charge is 0.330 e. The van der Waals surface area contributed by atoms with E-state index in [0.29, 0.717) is 0 Å². The zero-order chi connectivity index (χ0) is 14.5. The van der Waals surface area contributed by atoms with Crippen LogP contribution in [0.3, 0.4) is 0 Å². The molecule has 0 radical (unpaired) electrons. The van der Waals surface area contributed by atoms with Crippen molar-refractivity contribution in [3.8, 4) is 0 Å². The van der Waals surface area contributed by atoms with Gasteiger partial charge in [0.15, 0.2) is 0 Å². The van der Waals surface area contributed by atoms with E-state index in [1.165, 1.54) is 13.2 Å². The minimum atomic E-state index is -1.05. The van der Waals surface area contributed by atoms with Crippen LogP contribution in [0.15, 0.2) is 34.8 Å². The number of hydrogen-bond acceptors (Lipinski definition) is 3. The highest BCUT2D eigenvalue weighted by Gasteiger charge is 2.29. The summed E-state index contributed by atoms with van der Waals surface area (Å²) in [6, 6.07) is 7.53. The highest BCUT2D eigenvalue weighted by molar-refractivity contribution is 9.10. The molecule has 1 aromatic carbocycles. The molecule has 1 aromatic rings. The minimum absolute atomic E-state index is 0.352. The molecule has 0 bridgehead atoms. The topological polar surface area (TPSA) is 55.4 Å². The molecule has 0 spiro atoms. The van der Waals surface area contributed by atoms with Crippen molar-refractivity contribution in [3.05, 3.63) is 40.4 Å². The summed E-state index contributed by atoms with van der Waals surface area (Å²) >= 11 is 3.35. The van der Waals surface area contributed by atoms with Gasteiger partial charge >= 0.3 is 5.97 Å². The molecule has 0 unspecified atom stereocenters. The molecule has 4 nitrogen and oxygen atoms in total. The third-order valence-corrected chi connectivity index (χ3v) is 2.90. The predicted octanol–water partition coefficient (Wildman–Crippen LogP) is 2.53. The number of benzene rings is 1. The van der Waals surface area contributed by atoms with Gasteiger partial charge in [-0.05, 0) is 37.6 Å². The Balaban J connectivity index is 2.68. The van der Waals surface area contributed by atoms with E-state index in [-0.39, 0.29) is 5.91 Å². The van der Waals surface area contributed by atoms with Gasteiger partial charge in [-0.2, -0.15) is 0 Å². The van der Waals surface area contributed by atoms with Crippen LogP contribution in [0.4, 0.5) is 0 Å². The SMILES string of the molecule is COC(=O)C(C)(C)NC(=O)/C=C/c1cccc(Br)c1. The number of carbonyl (C=O) groups is 2. The van der Waals surface area contributed by atoms with Crippen LogP contribution < -0.4 is 5.32 Å². The summed E-state index contributed by atoms with van der Waals surface area (Å²) in [5.74, 6) is -0.841. The third kappa shape index (κ3) is 4.87. The molecule has 102 valence electrons. The molecule has 0 heterocycles. The van der Waals surface area contributed by atoms with E-state index >= 15 is 0 Å². The molecule has 0 saturated carbocycles. The summed E-state index contributed by atoms with van der Waals surface area (Å²) in [5, 5.41) is 2.58. The van der Waals surface area contributed by atoms with Crippen molar-refractivity contribution >= 4 is 33.9 Å². The fraction of sp³-hybridized carbons (Fsp3) is 0.286. The molecule has 1 N–H and O–H groups in total. The fourth-order valence-corrected chi connectivity index (χ4v) is 1.85. The molecule has 1 rings (SSSR count). The minimum Gasteiger partial charge on any atom is -0.467 e. The van der Waals surface area contributed by atoms with Gasteiger partial charge in [0, 0.05) is 10.5 Å². The second-order valence-corrected chi connectivity index (χ2v) is 5.41. The maximum atomic E-state index is 11.7. The van der Waals surface area contributed by atoms with E-state index in [4.69, 9.17) is 0 Å². The number of ether oxygens (including phenoxy) is 1. The van der Waals surface area contributed by atoms with Crippen LogP contribution in [0.5, 0.6) is 0 Å². The summed E-state index contributed by atoms with van der Waals surface area (Å²) in [5.41, 5.74) is -0.159. The van der Waals surface area contributed by atoms with Gasteiger partial charge in [-0.3, -0.25) is 4.79 Å². The van der Waals surface area contributed by atoms with Crippen LogP contribution in [0.25, 0.3) is 6.08 Å². The first kappa shape index (κ1) is 15.4. The van der Waals surface area contributed by atoms with Crippen molar-refractivity contribution < 1.29 is 14.3 Å². The van der Waals surface area contributed by atoms with E-state index in [1.54, 1.807) is 19.9 Å². The predicted molar refractivity (Wildman–Crippen MR) is 77.4 cm³/mol. The number of halogens is 1. The first-order valence-electron chi connectivity index (χ1n) is 5.69. The highest BCUT2D eigenvalue weighted by atomic mass is 79.9. The number of hydrogen-bond donors (Lipinski definition) is 1. The molecular weight excluding hydrogens is 310 g/mol. The van der Waals surface area contributed by atoms with Gasteiger partial charge in [-0.15, -0.1) is 0 Å². The monoisotopic (exact) mass is 325 g/mol. The Morgan fingerprint density at radius 1 is 1.37 bits per heavy atom. The van der Waals surface area contributed by atoms with E-state index in [0.717, 1.165) is 10.0 Å². The van der Waals surface area contributed by atoms with Crippen LogP contribution >= 0.6 is 15.9 Å². The Bertz CT molecular complexity index is 509. The van der Waals surface area contributed by atoms with Gasteiger partial charge in [0.2, 0.25) is 5.91 Å². The highest BCUT2D eigenvalue weighted by Crippen LogP contribution is 2.12. The molecule has 0 saturated heterocycles. The molecule has 1 amide bonds. The number of esters is 1. The molecule has 0 aliphatic heterocycles. The third-order valence-electron chi connectivity index (χ3n) is 2.41. The van der Waals surface area contributed by atoms with Crippen molar-refractivity contribution in [2.24, 2.45) is 0 Å². The normalized spacial score (nSPS) is 11.4. The molecule has 0 aromatic heterocycles. The van der Waals surface area contributed by atoms with Crippen molar-refractivity contribution in [2.75, 3.05) is 7.11 Å². The summed E-state index contributed by atoms with van der Waals surface area (Å²) in [6.45, 7) is 3.17. The second kappa shape index (κ2) is 6.52. The summed E-state index contributed by atoms with van der Waals surface area (Å²) < 4.78 is 5.55. The maximum Gasteiger partial charge on any atom is 0.330 e. The van der Waals surface area contributed by atoms with Crippen LogP contribution in [-0.4, -0.2) is 24.5 Å². The Hall–Kier alpha value is -1.62. The van der Waals surface area contributed by atoms with Crippen molar-refractivity contribution in [1.29, 1.82) is 0 Å². The van der Waals surface area contributed by atoms with E-state index in [1.807, 2.05) is 24.3 Å². The van der Waals surface area contributed by atoms with E-state index in [9.17, 15) is 9.59 Å². The molecule has 19 heavy (non-hydrogen) atoms. The summed E-state index contributed by atoms with van der Waals surface area (Å²) in [6.07, 6.45) is 3.06. The van der Waals surface area contributed by atoms with Crippen molar-refractivity contribution in [3.63, 3.8) is 0 Å². The van der Waals surface area contributed by atoms with Gasteiger partial charge < -0.3 is 10.1 Å². The van der Waals surface area contributed by atoms with Gasteiger partial charge in [0.1, 0.15) is 5.54 Å². The Labute approximate surface area is 121 Å². The average molecular weight is 326 g/mol. The zero-order valence-electron chi connectivity index (χ0n) is 11.1. The van der Waals surface area contributed by atoms with E-state index < -0.39 is 11.5 Å². The lowest BCUT2D eigenvalue weighted by Crippen LogP contribution is -2.49. The lowest BCUT2D eigenvalue weighted by molar-refractivity contribution is -0.148. The largest absolute Gasteiger partial charge is 0.467 e. The van der Waals surface area contributed by atoms with E-state index in [2.05, 4.69) is 26.0 Å². The Kier molecular flexibility index (Phi) is 5.30. The number of methoxy groups -OCH3 is 1. The van der Waals surface area contributed by atoms with Crippen LogP contribution in [0, 0.1) is 0 Å². The van der Waals surface area contributed by atoms with Crippen LogP contribution in [0.1, 0.15) is 19.4 Å². The molecule has 0 atom stereocenters. The first-order valence-corrected chi connectivity index (χ1v) is 6.48. The average Bonchev–Trinajstić information content (AvgIpc) is 2.35. The summed E-state index contributed by atoms with van der Waals surface area (Å²) in [7, 11) is 1.29. The molecule has 0 fully saturated rings. The van der Waals surface area contributed by atoms with Crippen molar-refractivity contribution in [1.82, 2.24) is 5.32 Å². The second-order valence-electron chi connectivity index (χ2n) is 4.49. The number of carbonyl (C=O) groups excluding carboxylic acids is 2. The summed E-state index contributed by atoms with van der Waals surface area (Å²) in [4.78, 5) is 23.1. The van der Waals surface area contributed by atoms with Crippen LogP contribution in [0.2, 0.25) is 0 Å². The number of nitrogens with one attached hydrogen (secondary N) is 1. The molecular formula is C14H16BrNO3. The molecule has 5 heteroatoms. The Morgan fingerprint density at radius 3 is 2.63 bits per heavy atom. The molecule has 0 aliphatic carbocycles. The Morgan fingerprint density at radius 2 is 2.05 bits per heavy atom. The van der Waals surface area contributed by atoms with Crippen molar-refractivity contribution in [2.45, 2.75) is 19.4 Å². The molecule has 0 aliphatic rings. The van der Waals surface area contributed by atoms with Gasteiger partial charge in [-0.1, -0.05) is 28.1 Å². The van der Waals surface area contributed by atoms with Gasteiger partial charge in [-0.25, -0.2) is 4.79 Å². The lowest BCUT2D eigenvalue weighted by atomic mass is 10.1. The van der Waals surface area contributed by atoms with Gasteiger partial charge in [0.25, 0.3) is 0 Å². The quantitative estimate of drug-likeness (QED) is 0.683.